The van der Waals surface area contributed by atoms with E-state index in [4.69, 9.17) is 4.74 Å². The van der Waals surface area contributed by atoms with Gasteiger partial charge in [-0.2, -0.15) is 0 Å². The van der Waals surface area contributed by atoms with Crippen LogP contribution in [-0.4, -0.2) is 30.6 Å². The van der Waals surface area contributed by atoms with Crippen LogP contribution in [0, 0.1) is 22.7 Å². The highest BCUT2D eigenvalue weighted by atomic mass is 19.1. The first-order valence-electron chi connectivity index (χ1n) is 8.62. The fourth-order valence-electron chi connectivity index (χ4n) is 4.75. The van der Waals surface area contributed by atoms with E-state index in [9.17, 15) is 9.50 Å². The predicted molar refractivity (Wildman–Crippen MR) is 84.0 cm³/mol. The van der Waals surface area contributed by atoms with Crippen molar-refractivity contribution in [2.75, 3.05) is 13.2 Å². The molecule has 3 heteroatoms. The number of ether oxygens (including phenoxy) is 1. The first-order valence-corrected chi connectivity index (χ1v) is 8.62. The van der Waals surface area contributed by atoms with E-state index in [1.54, 1.807) is 0 Å². The summed E-state index contributed by atoms with van der Waals surface area (Å²) in [7, 11) is 0. The number of rotatable bonds is 4. The van der Waals surface area contributed by atoms with E-state index in [0.717, 1.165) is 38.9 Å². The maximum absolute atomic E-state index is 13.9. The quantitative estimate of drug-likeness (QED) is 0.836. The lowest BCUT2D eigenvalue weighted by Gasteiger charge is -2.47. The van der Waals surface area contributed by atoms with Crippen LogP contribution in [-0.2, 0) is 4.74 Å². The van der Waals surface area contributed by atoms with Gasteiger partial charge < -0.3 is 9.84 Å². The third-order valence-corrected chi connectivity index (χ3v) is 6.08. The van der Waals surface area contributed by atoms with Gasteiger partial charge >= 0.3 is 0 Å². The maximum Gasteiger partial charge on any atom is 0.126 e. The van der Waals surface area contributed by atoms with E-state index in [2.05, 4.69) is 27.7 Å². The molecule has 2 aliphatic rings. The first-order chi connectivity index (χ1) is 9.72. The number of aliphatic hydroxyl groups excluding tert-OH is 1. The predicted octanol–water partition coefficient (Wildman–Crippen LogP) is 4.35. The Balaban J connectivity index is 1.98. The molecule has 3 atom stereocenters. The molecule has 1 heterocycles. The van der Waals surface area contributed by atoms with Crippen molar-refractivity contribution in [3.63, 3.8) is 0 Å². The maximum atomic E-state index is 13.9. The Bertz CT molecular complexity index is 334. The number of alkyl halides is 1. The number of hydrogen-bond acceptors (Lipinski definition) is 2. The van der Waals surface area contributed by atoms with Gasteiger partial charge in [0.2, 0.25) is 0 Å². The summed E-state index contributed by atoms with van der Waals surface area (Å²) in [6, 6.07) is 0. The van der Waals surface area contributed by atoms with Gasteiger partial charge in [-0.25, -0.2) is 4.39 Å². The number of halogens is 1. The topological polar surface area (TPSA) is 29.5 Å². The molecule has 0 aromatic rings. The first kappa shape index (κ1) is 17.2. The van der Waals surface area contributed by atoms with Crippen LogP contribution in [0.3, 0.4) is 0 Å². The summed E-state index contributed by atoms with van der Waals surface area (Å²) in [4.78, 5) is 0. The molecular weight excluding hydrogens is 267 g/mol. The van der Waals surface area contributed by atoms with Crippen LogP contribution in [0.4, 0.5) is 4.39 Å². The molecule has 1 N–H and O–H groups in total. The molecule has 0 bridgehead atoms. The zero-order valence-electron chi connectivity index (χ0n) is 14.2. The van der Waals surface area contributed by atoms with Crippen LogP contribution in [0.15, 0.2) is 0 Å². The van der Waals surface area contributed by atoms with E-state index in [1.165, 1.54) is 0 Å². The minimum atomic E-state index is -1.03. The zero-order chi connectivity index (χ0) is 15.7. The van der Waals surface area contributed by atoms with Crippen LogP contribution in [0.25, 0.3) is 0 Å². The van der Waals surface area contributed by atoms with Crippen molar-refractivity contribution >= 4 is 0 Å². The summed E-state index contributed by atoms with van der Waals surface area (Å²) < 4.78 is 19.4. The minimum absolute atomic E-state index is 0.131. The Morgan fingerprint density at radius 1 is 0.952 bits per heavy atom. The molecular formula is C18H33FO2. The van der Waals surface area contributed by atoms with Crippen LogP contribution >= 0.6 is 0 Å². The summed E-state index contributed by atoms with van der Waals surface area (Å²) >= 11 is 0. The molecule has 1 saturated heterocycles. The largest absolute Gasteiger partial charge is 0.390 e. The molecule has 1 aliphatic carbocycles. The Morgan fingerprint density at radius 2 is 1.52 bits per heavy atom. The SMILES string of the molecule is CC(C)(CC(C)(C)[C@@H]1CC[C@@H](O)[C@H](F)C1)C1CCOCC1. The third kappa shape index (κ3) is 4.19. The highest BCUT2D eigenvalue weighted by Gasteiger charge is 2.42. The molecule has 2 rings (SSSR count). The van der Waals surface area contributed by atoms with Crippen molar-refractivity contribution in [2.24, 2.45) is 22.7 Å². The molecule has 0 aromatic carbocycles. The Kier molecular flexibility index (Phi) is 5.36. The van der Waals surface area contributed by atoms with Gasteiger partial charge in [-0.15, -0.1) is 0 Å². The molecule has 0 amide bonds. The average molecular weight is 300 g/mol. The highest BCUT2D eigenvalue weighted by Crippen LogP contribution is 2.49. The van der Waals surface area contributed by atoms with E-state index in [1.807, 2.05) is 0 Å². The van der Waals surface area contributed by atoms with Crippen molar-refractivity contribution in [1.29, 1.82) is 0 Å². The zero-order valence-corrected chi connectivity index (χ0v) is 14.2. The summed E-state index contributed by atoms with van der Waals surface area (Å²) in [5, 5.41) is 9.61. The summed E-state index contributed by atoms with van der Waals surface area (Å²) in [6.07, 6.45) is 3.76. The van der Waals surface area contributed by atoms with Gasteiger partial charge in [0, 0.05) is 13.2 Å². The monoisotopic (exact) mass is 300 g/mol. The normalized spacial score (nSPS) is 33.1. The molecule has 0 radical (unpaired) electrons. The second-order valence-corrected chi connectivity index (χ2v) is 8.63. The van der Waals surface area contributed by atoms with Crippen LogP contribution in [0.5, 0.6) is 0 Å². The fourth-order valence-corrected chi connectivity index (χ4v) is 4.75. The lowest BCUT2D eigenvalue weighted by molar-refractivity contribution is -0.0341. The summed E-state index contributed by atoms with van der Waals surface area (Å²) in [6.45, 7) is 11.1. The molecule has 0 spiro atoms. The molecule has 1 aliphatic heterocycles. The smallest absolute Gasteiger partial charge is 0.126 e. The van der Waals surface area contributed by atoms with Crippen molar-refractivity contribution in [2.45, 2.75) is 78.5 Å². The van der Waals surface area contributed by atoms with Crippen LogP contribution in [0.2, 0.25) is 0 Å². The second kappa shape index (κ2) is 6.54. The van der Waals surface area contributed by atoms with Gasteiger partial charge in [0.1, 0.15) is 6.17 Å². The van der Waals surface area contributed by atoms with Gasteiger partial charge in [-0.1, -0.05) is 27.7 Å². The van der Waals surface area contributed by atoms with E-state index in [-0.39, 0.29) is 10.8 Å². The summed E-state index contributed by atoms with van der Waals surface area (Å²) in [5.74, 6) is 1.09. The van der Waals surface area contributed by atoms with Gasteiger partial charge in [0.25, 0.3) is 0 Å². The molecule has 0 unspecified atom stereocenters. The summed E-state index contributed by atoms with van der Waals surface area (Å²) in [5.41, 5.74) is 0.404. The highest BCUT2D eigenvalue weighted by molar-refractivity contribution is 4.92. The lowest BCUT2D eigenvalue weighted by atomic mass is 9.60. The molecule has 2 fully saturated rings. The number of hydrogen-bond donors (Lipinski definition) is 1. The van der Waals surface area contributed by atoms with Gasteiger partial charge in [0.05, 0.1) is 6.10 Å². The number of aliphatic hydroxyl groups is 1. The van der Waals surface area contributed by atoms with Gasteiger partial charge in [0.15, 0.2) is 0 Å². The van der Waals surface area contributed by atoms with Crippen molar-refractivity contribution in [1.82, 2.24) is 0 Å². The molecule has 0 aromatic heterocycles. The van der Waals surface area contributed by atoms with Crippen LogP contribution in [0.1, 0.15) is 66.2 Å². The Labute approximate surface area is 129 Å². The van der Waals surface area contributed by atoms with E-state index >= 15 is 0 Å². The van der Waals surface area contributed by atoms with Crippen LogP contribution < -0.4 is 0 Å². The van der Waals surface area contributed by atoms with Gasteiger partial charge in [-0.3, -0.25) is 0 Å². The standard InChI is InChI=1S/C18H33FO2/c1-17(2,13-7-9-21-10-8-13)12-18(3,4)14-5-6-16(20)15(19)11-14/h13-16,20H,5-12H2,1-4H3/t14-,15-,16-/m1/s1. The molecule has 124 valence electrons. The van der Waals surface area contributed by atoms with E-state index in [0.29, 0.717) is 24.7 Å². The minimum Gasteiger partial charge on any atom is -0.390 e. The average Bonchev–Trinajstić information content (AvgIpc) is 2.41. The van der Waals surface area contributed by atoms with E-state index < -0.39 is 12.3 Å². The van der Waals surface area contributed by atoms with Gasteiger partial charge in [-0.05, 0) is 61.2 Å². The lowest BCUT2D eigenvalue weighted by Crippen LogP contribution is -2.41. The van der Waals surface area contributed by atoms with Crippen molar-refractivity contribution < 1.29 is 14.2 Å². The van der Waals surface area contributed by atoms with Crippen molar-refractivity contribution in [3.05, 3.63) is 0 Å². The third-order valence-electron chi connectivity index (χ3n) is 6.08. The fraction of sp³-hybridized carbons (Fsp3) is 1.00. The second-order valence-electron chi connectivity index (χ2n) is 8.63. The molecule has 1 saturated carbocycles. The Morgan fingerprint density at radius 3 is 2.10 bits per heavy atom. The Hall–Kier alpha value is -0.150. The molecule has 21 heavy (non-hydrogen) atoms. The molecule has 2 nitrogen and oxygen atoms in total. The van der Waals surface area contributed by atoms with Crippen molar-refractivity contribution in [3.8, 4) is 0 Å².